The molecule has 222 valence electrons. The van der Waals surface area contributed by atoms with Crippen LogP contribution in [0.5, 0.6) is 17.4 Å². The van der Waals surface area contributed by atoms with Crippen LogP contribution in [0.1, 0.15) is 11.1 Å². The number of para-hydroxylation sites is 1. The van der Waals surface area contributed by atoms with Gasteiger partial charge in [0.2, 0.25) is 5.88 Å². The zero-order valence-corrected chi connectivity index (χ0v) is 24.2. The molecule has 9 nitrogen and oxygen atoms in total. The van der Waals surface area contributed by atoms with Crippen LogP contribution >= 0.6 is 11.6 Å². The minimum Gasteiger partial charge on any atom is -0.488 e. The van der Waals surface area contributed by atoms with Crippen molar-refractivity contribution in [2.75, 3.05) is 13.2 Å². The van der Waals surface area contributed by atoms with E-state index in [0.29, 0.717) is 38.9 Å². The Balaban J connectivity index is 1.33. The van der Waals surface area contributed by atoms with E-state index in [-0.39, 0.29) is 26.4 Å². The molecule has 0 spiro atoms. The topological polar surface area (TPSA) is 127 Å². The van der Waals surface area contributed by atoms with E-state index in [1.54, 1.807) is 24.3 Å². The van der Waals surface area contributed by atoms with Crippen LogP contribution in [0.25, 0.3) is 33.0 Å². The minimum atomic E-state index is -0.521. The maximum Gasteiger partial charge on any atom is 0.336 e. The van der Waals surface area contributed by atoms with E-state index < -0.39 is 11.7 Å². The molecule has 0 saturated carbocycles. The number of rotatable bonds is 11. The van der Waals surface area contributed by atoms with E-state index >= 15 is 0 Å². The van der Waals surface area contributed by atoms with Crippen molar-refractivity contribution in [1.82, 2.24) is 15.3 Å². The Morgan fingerprint density at radius 2 is 1.70 bits per heavy atom. The Kier molecular flexibility index (Phi) is 8.81. The van der Waals surface area contributed by atoms with E-state index in [1.807, 2.05) is 60.7 Å². The number of fused-ring (bicyclic) bond motifs is 2. The van der Waals surface area contributed by atoms with Crippen LogP contribution in [0.3, 0.4) is 0 Å². The van der Waals surface area contributed by atoms with Gasteiger partial charge in [-0.05, 0) is 35.4 Å². The predicted molar refractivity (Wildman–Crippen MR) is 168 cm³/mol. The quantitative estimate of drug-likeness (QED) is 0.155. The van der Waals surface area contributed by atoms with Crippen LogP contribution in [-0.2, 0) is 13.2 Å². The summed E-state index contributed by atoms with van der Waals surface area (Å²) in [7, 11) is 0. The van der Waals surface area contributed by atoms with Gasteiger partial charge in [-0.25, -0.2) is 14.8 Å². The number of benzene rings is 4. The summed E-state index contributed by atoms with van der Waals surface area (Å²) in [6.07, 6.45) is 1.45. The number of nitrogens with one attached hydrogen (secondary N) is 1. The molecule has 0 aliphatic rings. The number of aromatic nitrogens is 2. The van der Waals surface area contributed by atoms with Crippen molar-refractivity contribution < 1.29 is 24.1 Å². The van der Waals surface area contributed by atoms with Gasteiger partial charge < -0.3 is 29.4 Å². The first-order valence-corrected chi connectivity index (χ1v) is 14.3. The molecule has 0 aliphatic carbocycles. The highest BCUT2D eigenvalue weighted by molar-refractivity contribution is 6.32. The Morgan fingerprint density at radius 3 is 2.52 bits per heavy atom. The van der Waals surface area contributed by atoms with Gasteiger partial charge in [-0.15, -0.1) is 0 Å². The summed E-state index contributed by atoms with van der Waals surface area (Å²) < 4.78 is 17.9. The monoisotopic (exact) mass is 609 g/mol. The maximum absolute atomic E-state index is 11.7. The molecule has 0 amide bonds. The molecule has 6 aromatic rings. The molecule has 0 atom stereocenters. The van der Waals surface area contributed by atoms with Crippen LogP contribution in [0.4, 0.5) is 0 Å². The summed E-state index contributed by atoms with van der Waals surface area (Å²) in [5.74, 6) is 1.11. The molecule has 0 saturated heterocycles. The number of hydrogen-bond donors (Lipinski definition) is 3. The van der Waals surface area contributed by atoms with Gasteiger partial charge in [0.1, 0.15) is 24.3 Å². The molecule has 0 radical (unpaired) electrons. The lowest BCUT2D eigenvalue weighted by molar-refractivity contribution is 0.170. The number of halogens is 1. The third-order valence-corrected chi connectivity index (χ3v) is 7.43. The molecule has 2 heterocycles. The fourth-order valence-electron chi connectivity index (χ4n) is 4.82. The summed E-state index contributed by atoms with van der Waals surface area (Å²) in [6, 6.07) is 27.2. The standard InChI is InChI=1S/C34H28ClN3O6/c35-28-14-24(16-36-25(17-39)18-40)29(42-19-21-9-10-23-11-12-32(41)43-30(23)13-21)15-31(28)44-34-27-8-4-7-26(33(27)37-20-38-34)22-5-2-1-3-6-22/h1-15,20,25,36,39-40H,16-19H2. The summed E-state index contributed by atoms with van der Waals surface area (Å²) in [6.45, 7) is -0.0706. The zero-order chi connectivity index (χ0) is 30.5. The second-order valence-corrected chi connectivity index (χ2v) is 10.5. The van der Waals surface area contributed by atoms with Crippen LogP contribution in [0.2, 0.25) is 5.02 Å². The molecule has 0 bridgehead atoms. The number of aliphatic hydroxyl groups is 2. The van der Waals surface area contributed by atoms with Gasteiger partial charge in [-0.2, -0.15) is 0 Å². The van der Waals surface area contributed by atoms with Crippen LogP contribution in [0, 0.1) is 0 Å². The van der Waals surface area contributed by atoms with Crippen LogP contribution < -0.4 is 20.4 Å². The van der Waals surface area contributed by atoms with E-state index in [0.717, 1.165) is 27.6 Å². The fourth-order valence-corrected chi connectivity index (χ4v) is 5.05. The third-order valence-electron chi connectivity index (χ3n) is 7.14. The van der Waals surface area contributed by atoms with Gasteiger partial charge in [0.15, 0.2) is 5.75 Å². The van der Waals surface area contributed by atoms with Crippen molar-refractivity contribution in [3.05, 3.63) is 124 Å². The highest BCUT2D eigenvalue weighted by Gasteiger charge is 2.17. The number of ether oxygens (including phenoxy) is 2. The molecular formula is C34H28ClN3O6. The van der Waals surface area contributed by atoms with Crippen molar-refractivity contribution in [2.45, 2.75) is 19.2 Å². The van der Waals surface area contributed by atoms with E-state index in [2.05, 4.69) is 15.3 Å². The zero-order valence-electron chi connectivity index (χ0n) is 23.4. The molecule has 2 aromatic heterocycles. The SMILES string of the molecule is O=c1ccc2ccc(COc3cc(Oc4ncnc5c(-c6ccccc6)cccc45)c(Cl)cc3CNC(CO)CO)cc2o1. The molecule has 10 heteroatoms. The Labute approximate surface area is 257 Å². The summed E-state index contributed by atoms with van der Waals surface area (Å²) >= 11 is 6.72. The van der Waals surface area contributed by atoms with Gasteiger partial charge in [0.05, 0.1) is 35.2 Å². The predicted octanol–water partition coefficient (Wildman–Crippen LogP) is 5.87. The smallest absolute Gasteiger partial charge is 0.336 e. The average molecular weight is 610 g/mol. The van der Waals surface area contributed by atoms with Crippen molar-refractivity contribution in [3.63, 3.8) is 0 Å². The minimum absolute atomic E-state index is 0.156. The van der Waals surface area contributed by atoms with Crippen LogP contribution in [-0.4, -0.2) is 39.4 Å². The normalized spacial score (nSPS) is 11.4. The van der Waals surface area contributed by atoms with Crippen molar-refractivity contribution >= 4 is 33.5 Å². The number of aliphatic hydroxyl groups excluding tert-OH is 2. The highest BCUT2D eigenvalue weighted by atomic mass is 35.5. The lowest BCUT2D eigenvalue weighted by Gasteiger charge is -2.18. The Morgan fingerprint density at radius 1 is 0.886 bits per heavy atom. The van der Waals surface area contributed by atoms with Gasteiger partial charge in [-0.3, -0.25) is 0 Å². The van der Waals surface area contributed by atoms with Crippen LogP contribution in [0.15, 0.2) is 107 Å². The van der Waals surface area contributed by atoms with Gasteiger partial charge >= 0.3 is 5.63 Å². The van der Waals surface area contributed by atoms with Gasteiger partial charge in [0, 0.05) is 35.2 Å². The summed E-state index contributed by atoms with van der Waals surface area (Å²) in [5.41, 5.74) is 4.19. The second kappa shape index (κ2) is 13.2. The van der Waals surface area contributed by atoms with Crippen molar-refractivity contribution in [1.29, 1.82) is 0 Å². The first-order chi connectivity index (χ1) is 21.5. The summed E-state index contributed by atoms with van der Waals surface area (Å²) in [4.78, 5) is 20.7. The first-order valence-electron chi connectivity index (χ1n) is 13.9. The number of nitrogens with zero attached hydrogens (tertiary/aromatic N) is 2. The van der Waals surface area contributed by atoms with E-state index in [9.17, 15) is 15.0 Å². The van der Waals surface area contributed by atoms with E-state index in [4.69, 9.17) is 25.5 Å². The molecule has 0 fully saturated rings. The van der Waals surface area contributed by atoms with Crippen molar-refractivity contribution in [2.24, 2.45) is 0 Å². The van der Waals surface area contributed by atoms with Crippen molar-refractivity contribution in [3.8, 4) is 28.5 Å². The molecule has 6 rings (SSSR count). The molecule has 0 aliphatic heterocycles. The second-order valence-electron chi connectivity index (χ2n) is 10.1. The lowest BCUT2D eigenvalue weighted by atomic mass is 10.0. The Bertz CT molecular complexity index is 1980. The first kappa shape index (κ1) is 29.3. The average Bonchev–Trinajstić information content (AvgIpc) is 3.05. The molecule has 3 N–H and O–H groups in total. The largest absolute Gasteiger partial charge is 0.488 e. The maximum atomic E-state index is 11.7. The fraction of sp³-hybridized carbons (Fsp3) is 0.147. The summed E-state index contributed by atoms with van der Waals surface area (Å²) in [5, 5.41) is 24.0. The molecule has 0 unspecified atom stereocenters. The highest BCUT2D eigenvalue weighted by Crippen LogP contribution is 2.38. The molecule has 4 aromatic carbocycles. The third kappa shape index (κ3) is 6.41. The van der Waals surface area contributed by atoms with E-state index in [1.165, 1.54) is 12.4 Å². The van der Waals surface area contributed by atoms with Gasteiger partial charge in [0.25, 0.3) is 0 Å². The Hall–Kier alpha value is -4.80. The molecular weight excluding hydrogens is 582 g/mol. The number of hydrogen-bond acceptors (Lipinski definition) is 9. The molecule has 44 heavy (non-hydrogen) atoms. The lowest BCUT2D eigenvalue weighted by Crippen LogP contribution is -2.35. The van der Waals surface area contributed by atoms with Gasteiger partial charge in [-0.1, -0.05) is 66.2 Å².